The minimum absolute atomic E-state index is 0.0367. The molecule has 30 heavy (non-hydrogen) atoms. The molecule has 0 aliphatic carbocycles. The Morgan fingerprint density at radius 1 is 0.733 bits per heavy atom. The molecule has 0 unspecified atom stereocenters. The molecule has 1 aromatic heterocycles. The number of ether oxygens (including phenoxy) is 1. The summed E-state index contributed by atoms with van der Waals surface area (Å²) in [7, 11) is 1.52. The molecular weight excluding hydrogens is 382 g/mol. The number of aromatic hydroxyl groups is 2. The van der Waals surface area contributed by atoms with Crippen LogP contribution < -0.4 is 4.74 Å². The van der Waals surface area contributed by atoms with Gasteiger partial charge in [0.2, 0.25) is 0 Å². The highest BCUT2D eigenvalue weighted by Crippen LogP contribution is 2.34. The molecule has 0 spiro atoms. The average Bonchev–Trinajstić information content (AvgIpc) is 2.79. The maximum absolute atomic E-state index is 10.5. The monoisotopic (exact) mass is 401 g/mol. The van der Waals surface area contributed by atoms with E-state index < -0.39 is 0 Å². The fourth-order valence-corrected chi connectivity index (χ4v) is 3.03. The smallest absolute Gasteiger partial charge is 0.167 e. The molecule has 1 heterocycles. The molecule has 0 fully saturated rings. The van der Waals surface area contributed by atoms with Gasteiger partial charge in [0, 0.05) is 11.6 Å². The molecule has 7 heteroatoms. The van der Waals surface area contributed by atoms with Gasteiger partial charge in [-0.25, -0.2) is 15.0 Å². The minimum Gasteiger partial charge on any atom is -0.507 e. The van der Waals surface area contributed by atoms with E-state index in [1.54, 1.807) is 24.3 Å². The first-order chi connectivity index (χ1) is 14.6. The van der Waals surface area contributed by atoms with Gasteiger partial charge >= 0.3 is 0 Å². The lowest BCUT2D eigenvalue weighted by Crippen LogP contribution is -2.01. The zero-order chi connectivity index (χ0) is 21.1. The van der Waals surface area contributed by atoms with Crippen molar-refractivity contribution >= 4 is 0 Å². The molecule has 4 aromatic rings. The molecule has 0 aliphatic rings. The van der Waals surface area contributed by atoms with Crippen LogP contribution in [0.2, 0.25) is 0 Å². The normalized spacial score (nSPS) is 10.7. The number of hydrogen-bond acceptors (Lipinski definition) is 7. The Kier molecular flexibility index (Phi) is 5.28. The summed E-state index contributed by atoms with van der Waals surface area (Å²) in [5.41, 5.74) is 2.13. The van der Waals surface area contributed by atoms with Gasteiger partial charge in [0.1, 0.15) is 17.2 Å². The van der Waals surface area contributed by atoms with Gasteiger partial charge in [0.05, 0.1) is 24.8 Å². The lowest BCUT2D eigenvalue weighted by atomic mass is 10.1. The number of aliphatic hydroxyl groups excluding tert-OH is 1. The molecule has 0 saturated carbocycles. The van der Waals surface area contributed by atoms with E-state index in [9.17, 15) is 15.3 Å². The fraction of sp³-hybridized carbons (Fsp3) is 0.0870. The van der Waals surface area contributed by atoms with Crippen molar-refractivity contribution in [3.8, 4) is 51.4 Å². The van der Waals surface area contributed by atoms with E-state index in [2.05, 4.69) is 15.0 Å². The van der Waals surface area contributed by atoms with Crippen LogP contribution in [-0.2, 0) is 6.61 Å². The predicted octanol–water partition coefficient (Wildman–Crippen LogP) is 3.78. The average molecular weight is 401 g/mol. The first-order valence-electron chi connectivity index (χ1n) is 9.21. The predicted molar refractivity (Wildman–Crippen MR) is 112 cm³/mol. The highest BCUT2D eigenvalue weighted by atomic mass is 16.5. The van der Waals surface area contributed by atoms with Crippen molar-refractivity contribution < 1.29 is 20.1 Å². The van der Waals surface area contributed by atoms with E-state index in [1.165, 1.54) is 19.2 Å². The van der Waals surface area contributed by atoms with Gasteiger partial charge in [-0.3, -0.25) is 0 Å². The fourth-order valence-electron chi connectivity index (χ4n) is 3.03. The van der Waals surface area contributed by atoms with Crippen LogP contribution in [0, 0.1) is 0 Å². The number of phenolic OH excluding ortho intramolecular Hbond substituents is 2. The van der Waals surface area contributed by atoms with E-state index in [-0.39, 0.29) is 29.8 Å². The van der Waals surface area contributed by atoms with Crippen LogP contribution in [0.4, 0.5) is 0 Å². The molecule has 4 rings (SSSR count). The second-order valence-electron chi connectivity index (χ2n) is 6.56. The molecule has 150 valence electrons. The quantitative estimate of drug-likeness (QED) is 0.467. The standard InChI is InChI=1S/C23H19N3O4/c1-30-16-8-10-18(20(29)12-16)23-25-21(15-5-3-2-4-6-15)24-22(26-23)17-9-7-14(13-27)11-19(17)28/h2-12,27-29H,13H2,1H3. The topological polar surface area (TPSA) is 109 Å². The number of rotatable bonds is 5. The molecule has 0 atom stereocenters. The number of aromatic nitrogens is 3. The minimum atomic E-state index is -0.189. The van der Waals surface area contributed by atoms with Crippen molar-refractivity contribution in [2.75, 3.05) is 7.11 Å². The van der Waals surface area contributed by atoms with Crippen molar-refractivity contribution in [3.63, 3.8) is 0 Å². The molecular formula is C23H19N3O4. The molecule has 0 saturated heterocycles. The third-order valence-corrected chi connectivity index (χ3v) is 4.60. The molecule has 3 N–H and O–H groups in total. The van der Waals surface area contributed by atoms with E-state index in [4.69, 9.17) is 4.74 Å². The molecule has 0 aliphatic heterocycles. The molecule has 7 nitrogen and oxygen atoms in total. The highest BCUT2D eigenvalue weighted by molar-refractivity contribution is 5.72. The lowest BCUT2D eigenvalue weighted by Gasteiger charge is -2.11. The van der Waals surface area contributed by atoms with Gasteiger partial charge < -0.3 is 20.1 Å². The third-order valence-electron chi connectivity index (χ3n) is 4.60. The van der Waals surface area contributed by atoms with E-state index >= 15 is 0 Å². The van der Waals surface area contributed by atoms with Gasteiger partial charge in [0.25, 0.3) is 0 Å². The van der Waals surface area contributed by atoms with Crippen LogP contribution in [0.5, 0.6) is 17.2 Å². The van der Waals surface area contributed by atoms with Crippen molar-refractivity contribution in [1.29, 1.82) is 0 Å². The van der Waals surface area contributed by atoms with Crippen LogP contribution >= 0.6 is 0 Å². The summed E-state index contributed by atoms with van der Waals surface area (Å²) in [5.74, 6) is 1.31. The Morgan fingerprint density at radius 2 is 1.33 bits per heavy atom. The largest absolute Gasteiger partial charge is 0.507 e. The van der Waals surface area contributed by atoms with Crippen LogP contribution in [0.25, 0.3) is 34.2 Å². The Hall–Kier alpha value is -3.97. The number of aliphatic hydroxyl groups is 1. The van der Waals surface area contributed by atoms with Crippen LogP contribution in [0.1, 0.15) is 5.56 Å². The third kappa shape index (κ3) is 3.78. The Labute approximate surface area is 172 Å². The molecule has 0 bridgehead atoms. The van der Waals surface area contributed by atoms with Crippen molar-refractivity contribution in [1.82, 2.24) is 15.0 Å². The summed E-state index contributed by atoms with van der Waals surface area (Å²) >= 11 is 0. The van der Waals surface area contributed by atoms with Crippen LogP contribution in [-0.4, -0.2) is 37.4 Å². The van der Waals surface area contributed by atoms with Gasteiger partial charge in [-0.1, -0.05) is 36.4 Å². The zero-order valence-electron chi connectivity index (χ0n) is 16.1. The van der Waals surface area contributed by atoms with Gasteiger partial charge in [-0.05, 0) is 29.8 Å². The van der Waals surface area contributed by atoms with E-state index in [0.717, 1.165) is 5.56 Å². The maximum Gasteiger partial charge on any atom is 0.167 e. The van der Waals surface area contributed by atoms with Gasteiger partial charge in [-0.2, -0.15) is 0 Å². The first-order valence-corrected chi connectivity index (χ1v) is 9.21. The molecule has 0 amide bonds. The Morgan fingerprint density at radius 3 is 1.90 bits per heavy atom. The Balaban J connectivity index is 1.92. The summed E-state index contributed by atoms with van der Waals surface area (Å²) in [4.78, 5) is 13.5. The van der Waals surface area contributed by atoms with Crippen LogP contribution in [0.15, 0.2) is 66.7 Å². The lowest BCUT2D eigenvalue weighted by molar-refractivity contribution is 0.281. The summed E-state index contributed by atoms with van der Waals surface area (Å²) < 4.78 is 5.14. The molecule has 0 radical (unpaired) electrons. The summed E-state index contributed by atoms with van der Waals surface area (Å²) in [6.07, 6.45) is 0. The molecule has 3 aromatic carbocycles. The van der Waals surface area contributed by atoms with E-state index in [1.807, 2.05) is 30.3 Å². The number of nitrogens with zero attached hydrogens (tertiary/aromatic N) is 3. The number of phenols is 2. The number of hydrogen-bond donors (Lipinski definition) is 3. The zero-order valence-corrected chi connectivity index (χ0v) is 16.1. The number of methoxy groups -OCH3 is 1. The van der Waals surface area contributed by atoms with Crippen LogP contribution in [0.3, 0.4) is 0 Å². The summed E-state index contributed by atoms with van der Waals surface area (Å²) in [5, 5.41) is 30.2. The van der Waals surface area contributed by atoms with Gasteiger partial charge in [-0.15, -0.1) is 0 Å². The summed E-state index contributed by atoms with van der Waals surface area (Å²) in [6.45, 7) is -0.189. The van der Waals surface area contributed by atoms with E-state index in [0.29, 0.717) is 28.3 Å². The first kappa shape index (κ1) is 19.4. The summed E-state index contributed by atoms with van der Waals surface area (Å²) in [6, 6.07) is 19.0. The van der Waals surface area contributed by atoms with Crippen molar-refractivity contribution in [3.05, 3.63) is 72.3 Å². The van der Waals surface area contributed by atoms with Crippen molar-refractivity contribution in [2.24, 2.45) is 0 Å². The number of benzene rings is 3. The maximum atomic E-state index is 10.5. The second-order valence-corrected chi connectivity index (χ2v) is 6.56. The Bertz CT molecular complexity index is 1120. The van der Waals surface area contributed by atoms with Crippen molar-refractivity contribution in [2.45, 2.75) is 6.61 Å². The van der Waals surface area contributed by atoms with Gasteiger partial charge in [0.15, 0.2) is 17.5 Å². The SMILES string of the molecule is COc1ccc(-c2nc(-c3ccccc3)nc(-c3ccc(CO)cc3O)n2)c(O)c1. The highest BCUT2D eigenvalue weighted by Gasteiger charge is 2.17. The second kappa shape index (κ2) is 8.18.